The fourth-order valence-electron chi connectivity index (χ4n) is 4.06. The molecule has 26 heavy (non-hydrogen) atoms. The minimum atomic E-state index is -3.50. The van der Waals surface area contributed by atoms with Gasteiger partial charge in [0.05, 0.1) is 4.90 Å². The molecular formula is C20H23ClN2O2S. The van der Waals surface area contributed by atoms with Crippen molar-refractivity contribution < 1.29 is 8.42 Å². The molecule has 0 aromatic heterocycles. The molecule has 1 saturated heterocycles. The maximum Gasteiger partial charge on any atom is 0.243 e. The van der Waals surface area contributed by atoms with Crippen LogP contribution in [0, 0.1) is 6.92 Å². The van der Waals surface area contributed by atoms with Crippen LogP contribution in [0.1, 0.15) is 23.1 Å². The highest BCUT2D eigenvalue weighted by molar-refractivity contribution is 7.89. The third-order valence-electron chi connectivity index (χ3n) is 5.64. The van der Waals surface area contributed by atoms with Crippen LogP contribution < -0.4 is 0 Å². The van der Waals surface area contributed by atoms with Gasteiger partial charge in [-0.3, -0.25) is 4.90 Å². The standard InChI is InChI=1S/C20H23ClN2O2S/c1-15-19(21)7-4-8-20(15)26(24,25)23-12-10-18(14-23)22-11-9-16-5-2-3-6-17(16)13-22/h2-8,18H,9-14H2,1H3. The Kier molecular flexibility index (Phi) is 4.82. The lowest BCUT2D eigenvalue weighted by Crippen LogP contribution is -2.41. The molecule has 4 nitrogen and oxygen atoms in total. The highest BCUT2D eigenvalue weighted by atomic mass is 35.5. The quantitative estimate of drug-likeness (QED) is 0.805. The summed E-state index contributed by atoms with van der Waals surface area (Å²) in [6, 6.07) is 13.9. The van der Waals surface area contributed by atoms with E-state index in [1.54, 1.807) is 29.4 Å². The van der Waals surface area contributed by atoms with Gasteiger partial charge >= 0.3 is 0 Å². The van der Waals surface area contributed by atoms with Crippen LogP contribution >= 0.6 is 11.6 Å². The van der Waals surface area contributed by atoms with Crippen LogP contribution in [0.2, 0.25) is 5.02 Å². The Bertz CT molecular complexity index is 929. The average Bonchev–Trinajstić information content (AvgIpc) is 3.14. The van der Waals surface area contributed by atoms with Gasteiger partial charge in [-0.15, -0.1) is 0 Å². The summed E-state index contributed by atoms with van der Waals surface area (Å²) in [4.78, 5) is 2.76. The maximum absolute atomic E-state index is 13.1. The number of halogens is 1. The summed E-state index contributed by atoms with van der Waals surface area (Å²) in [5.74, 6) is 0. The minimum Gasteiger partial charge on any atom is -0.294 e. The fourth-order valence-corrected chi connectivity index (χ4v) is 6.03. The zero-order valence-electron chi connectivity index (χ0n) is 14.9. The first-order valence-electron chi connectivity index (χ1n) is 9.03. The first-order valence-corrected chi connectivity index (χ1v) is 10.8. The molecule has 0 N–H and O–H groups in total. The van der Waals surface area contributed by atoms with Crippen LogP contribution in [0.3, 0.4) is 0 Å². The van der Waals surface area contributed by atoms with Crippen molar-refractivity contribution >= 4 is 21.6 Å². The Balaban J connectivity index is 1.51. The van der Waals surface area contributed by atoms with Crippen molar-refractivity contribution in [1.29, 1.82) is 0 Å². The van der Waals surface area contributed by atoms with E-state index in [1.807, 2.05) is 0 Å². The molecule has 0 bridgehead atoms. The highest BCUT2D eigenvalue weighted by Gasteiger charge is 2.36. The van der Waals surface area contributed by atoms with Crippen molar-refractivity contribution in [2.24, 2.45) is 0 Å². The molecule has 1 fully saturated rings. The molecule has 2 aromatic carbocycles. The Labute approximate surface area is 160 Å². The molecule has 0 spiro atoms. The monoisotopic (exact) mass is 390 g/mol. The van der Waals surface area contributed by atoms with Crippen LogP contribution in [-0.4, -0.2) is 43.3 Å². The van der Waals surface area contributed by atoms with Gasteiger partial charge in [0.25, 0.3) is 0 Å². The van der Waals surface area contributed by atoms with Crippen molar-refractivity contribution in [1.82, 2.24) is 9.21 Å². The lowest BCUT2D eigenvalue weighted by molar-refractivity contribution is 0.185. The number of fused-ring (bicyclic) bond motifs is 1. The van der Waals surface area contributed by atoms with Gasteiger partial charge in [-0.05, 0) is 48.6 Å². The van der Waals surface area contributed by atoms with E-state index in [4.69, 9.17) is 11.6 Å². The lowest BCUT2D eigenvalue weighted by Gasteiger charge is -2.33. The average molecular weight is 391 g/mol. The van der Waals surface area contributed by atoms with Crippen LogP contribution in [-0.2, 0) is 23.0 Å². The van der Waals surface area contributed by atoms with Crippen LogP contribution in [0.15, 0.2) is 47.4 Å². The normalized spacial score (nSPS) is 21.7. The molecule has 0 radical (unpaired) electrons. The predicted octanol–water partition coefficient (Wildman–Crippen LogP) is 3.47. The van der Waals surface area contributed by atoms with Gasteiger partial charge in [0, 0.05) is 37.2 Å². The van der Waals surface area contributed by atoms with Crippen molar-refractivity contribution in [2.45, 2.75) is 37.2 Å². The zero-order valence-corrected chi connectivity index (χ0v) is 16.4. The highest BCUT2D eigenvalue weighted by Crippen LogP contribution is 2.30. The Hall–Kier alpha value is -1.40. The van der Waals surface area contributed by atoms with Gasteiger partial charge in [0.15, 0.2) is 0 Å². The van der Waals surface area contributed by atoms with Crippen LogP contribution in [0.5, 0.6) is 0 Å². The molecule has 0 saturated carbocycles. The maximum atomic E-state index is 13.1. The summed E-state index contributed by atoms with van der Waals surface area (Å²) in [7, 11) is -3.50. The molecule has 2 heterocycles. The second-order valence-electron chi connectivity index (χ2n) is 7.16. The van der Waals surface area contributed by atoms with E-state index < -0.39 is 10.0 Å². The minimum absolute atomic E-state index is 0.276. The van der Waals surface area contributed by atoms with Crippen molar-refractivity contribution in [3.8, 4) is 0 Å². The molecule has 1 atom stereocenters. The molecular weight excluding hydrogens is 368 g/mol. The van der Waals surface area contributed by atoms with Gasteiger partial charge in [0.1, 0.15) is 0 Å². The largest absolute Gasteiger partial charge is 0.294 e. The Morgan fingerprint density at radius 2 is 1.81 bits per heavy atom. The van der Waals surface area contributed by atoms with Gasteiger partial charge in [-0.2, -0.15) is 4.31 Å². The van der Waals surface area contributed by atoms with E-state index >= 15 is 0 Å². The zero-order chi connectivity index (χ0) is 18.3. The summed E-state index contributed by atoms with van der Waals surface area (Å²) >= 11 is 6.13. The summed E-state index contributed by atoms with van der Waals surface area (Å²) in [6.45, 7) is 4.79. The molecule has 0 amide bonds. The molecule has 2 aromatic rings. The summed E-state index contributed by atoms with van der Waals surface area (Å²) in [5, 5.41) is 0.495. The van der Waals surface area contributed by atoms with Crippen LogP contribution in [0.25, 0.3) is 0 Å². The fraction of sp³-hybridized carbons (Fsp3) is 0.400. The van der Waals surface area contributed by atoms with E-state index in [2.05, 4.69) is 29.2 Å². The summed E-state index contributed by atoms with van der Waals surface area (Å²) in [5.41, 5.74) is 3.41. The lowest BCUT2D eigenvalue weighted by atomic mass is 9.98. The summed E-state index contributed by atoms with van der Waals surface area (Å²) < 4.78 is 27.8. The smallest absolute Gasteiger partial charge is 0.243 e. The van der Waals surface area contributed by atoms with E-state index in [9.17, 15) is 8.42 Å². The van der Waals surface area contributed by atoms with Gasteiger partial charge in [-0.25, -0.2) is 8.42 Å². The molecule has 138 valence electrons. The molecule has 6 heteroatoms. The van der Waals surface area contributed by atoms with E-state index in [0.717, 1.165) is 25.9 Å². The summed E-state index contributed by atoms with van der Waals surface area (Å²) in [6.07, 6.45) is 1.91. The van der Waals surface area contributed by atoms with Crippen molar-refractivity contribution in [3.05, 3.63) is 64.2 Å². The second kappa shape index (κ2) is 6.97. The Morgan fingerprint density at radius 3 is 2.62 bits per heavy atom. The SMILES string of the molecule is Cc1c(Cl)cccc1S(=O)(=O)N1CCC(N2CCc3ccccc3C2)C1. The van der Waals surface area contributed by atoms with Crippen LogP contribution in [0.4, 0.5) is 0 Å². The number of rotatable bonds is 3. The van der Waals surface area contributed by atoms with Crippen molar-refractivity contribution in [2.75, 3.05) is 19.6 Å². The molecule has 1 unspecified atom stereocenters. The molecule has 2 aliphatic rings. The number of hydrogen-bond acceptors (Lipinski definition) is 3. The molecule has 2 aliphatic heterocycles. The third kappa shape index (κ3) is 3.18. The van der Waals surface area contributed by atoms with Gasteiger partial charge < -0.3 is 0 Å². The van der Waals surface area contributed by atoms with Crippen molar-refractivity contribution in [3.63, 3.8) is 0 Å². The molecule has 0 aliphatic carbocycles. The molecule has 4 rings (SSSR count). The van der Waals surface area contributed by atoms with Gasteiger partial charge in [-0.1, -0.05) is 41.9 Å². The first-order chi connectivity index (χ1) is 12.5. The number of hydrogen-bond donors (Lipinski definition) is 0. The predicted molar refractivity (Wildman–Crippen MR) is 104 cm³/mol. The van der Waals surface area contributed by atoms with Gasteiger partial charge in [0.2, 0.25) is 10.0 Å². The third-order valence-corrected chi connectivity index (χ3v) is 8.06. The number of nitrogens with zero attached hydrogens (tertiary/aromatic N) is 2. The number of sulfonamides is 1. The van der Waals surface area contributed by atoms with E-state index in [-0.39, 0.29) is 6.04 Å². The number of benzene rings is 2. The topological polar surface area (TPSA) is 40.6 Å². The Morgan fingerprint density at radius 1 is 1.04 bits per heavy atom. The van der Waals surface area contributed by atoms with E-state index in [1.165, 1.54) is 11.1 Å². The van der Waals surface area contributed by atoms with E-state index in [0.29, 0.717) is 28.6 Å². The first kappa shape index (κ1) is 18.0. The second-order valence-corrected chi connectivity index (χ2v) is 9.47.